The van der Waals surface area contributed by atoms with Crippen molar-refractivity contribution in [1.82, 2.24) is 14.4 Å². The van der Waals surface area contributed by atoms with Gasteiger partial charge in [0.2, 0.25) is 15.9 Å². The summed E-state index contributed by atoms with van der Waals surface area (Å²) in [7, 11) is -2.47. The molecule has 4 aromatic rings. The fourth-order valence-corrected chi connectivity index (χ4v) is 4.90. The number of benzene rings is 3. The number of nitrogens with one attached hydrogen (secondary N) is 2. The van der Waals surface area contributed by atoms with Crippen molar-refractivity contribution in [3.8, 4) is 5.75 Å². The lowest BCUT2D eigenvalue weighted by atomic mass is 10.2. The van der Waals surface area contributed by atoms with Gasteiger partial charge in [0.1, 0.15) is 5.75 Å². The third-order valence-electron chi connectivity index (χ3n) is 5.43. The maximum absolute atomic E-state index is 13.4. The van der Waals surface area contributed by atoms with E-state index in [4.69, 9.17) is 4.74 Å². The molecule has 4 rings (SSSR count). The second-order valence-corrected chi connectivity index (χ2v) is 9.85. The van der Waals surface area contributed by atoms with Gasteiger partial charge in [-0.3, -0.25) is 9.59 Å². The van der Waals surface area contributed by atoms with Gasteiger partial charge >= 0.3 is 0 Å². The van der Waals surface area contributed by atoms with Crippen molar-refractivity contribution >= 4 is 38.7 Å². The molecule has 190 valence electrons. The minimum absolute atomic E-state index is 0.0133. The van der Waals surface area contributed by atoms with Crippen LogP contribution < -0.4 is 20.3 Å². The monoisotopic (exact) mass is 519 g/mol. The van der Waals surface area contributed by atoms with E-state index in [1.54, 1.807) is 49.4 Å². The third-order valence-corrected chi connectivity index (χ3v) is 6.99. The predicted molar refractivity (Wildman–Crippen MR) is 141 cm³/mol. The Balaban J connectivity index is 1.74. The molecule has 2 N–H and O–H groups in total. The van der Waals surface area contributed by atoms with Crippen LogP contribution in [0.1, 0.15) is 31.3 Å². The van der Waals surface area contributed by atoms with E-state index in [9.17, 15) is 18.0 Å². The molecule has 0 radical (unpaired) electrons. The Bertz CT molecular complexity index is 1650. The molecule has 11 heteroatoms. The molecule has 1 atom stereocenters. The average Bonchev–Trinajstić information content (AvgIpc) is 2.88. The standard InChI is InChI=1S/C26H25N5O5S/c1-17(30-37(34,35)21-14-12-20(13-15-21)28-18(2)32)25-29-23-10-6-5-9-22(23)26(33)31(25)27-16-19-8-4-7-11-24(19)36-3/h4-17,30H,1-3H3,(H,28,32)/b27-16+. The second kappa shape index (κ2) is 10.7. The van der Waals surface area contributed by atoms with E-state index in [0.29, 0.717) is 27.9 Å². The summed E-state index contributed by atoms with van der Waals surface area (Å²) in [4.78, 5) is 29.1. The fraction of sp³-hybridized carbons (Fsp3) is 0.154. The van der Waals surface area contributed by atoms with Gasteiger partial charge in [-0.1, -0.05) is 24.3 Å². The largest absolute Gasteiger partial charge is 0.496 e. The summed E-state index contributed by atoms with van der Waals surface area (Å²) in [6, 6.07) is 18.7. The first-order chi connectivity index (χ1) is 17.7. The molecule has 10 nitrogen and oxygen atoms in total. The number of carbonyl (C=O) groups is 1. The van der Waals surface area contributed by atoms with Crippen molar-refractivity contribution in [2.24, 2.45) is 5.10 Å². The minimum atomic E-state index is -4.00. The molecule has 1 amide bonds. The molecule has 0 bridgehead atoms. The van der Waals surface area contributed by atoms with Crippen LogP contribution in [0.4, 0.5) is 5.69 Å². The second-order valence-electron chi connectivity index (χ2n) is 8.14. The Hall–Kier alpha value is -4.35. The Morgan fingerprint density at radius 3 is 2.43 bits per heavy atom. The normalized spacial score (nSPS) is 12.5. The quantitative estimate of drug-likeness (QED) is 0.344. The predicted octanol–water partition coefficient (Wildman–Crippen LogP) is 3.29. The molecule has 3 aromatic carbocycles. The van der Waals surface area contributed by atoms with E-state index >= 15 is 0 Å². The Kier molecular flexibility index (Phi) is 7.46. The van der Waals surface area contributed by atoms with E-state index < -0.39 is 21.6 Å². The molecule has 1 aromatic heterocycles. The summed E-state index contributed by atoms with van der Waals surface area (Å²) < 4.78 is 35.2. The van der Waals surface area contributed by atoms with Gasteiger partial charge in [0.05, 0.1) is 35.2 Å². The highest BCUT2D eigenvalue weighted by atomic mass is 32.2. The summed E-state index contributed by atoms with van der Waals surface area (Å²) in [6.45, 7) is 2.94. The van der Waals surface area contributed by atoms with Crippen molar-refractivity contribution < 1.29 is 17.9 Å². The SMILES string of the molecule is COc1ccccc1/C=N/n1c(C(C)NS(=O)(=O)c2ccc(NC(C)=O)cc2)nc2ccccc2c1=O. The summed E-state index contributed by atoms with van der Waals surface area (Å²) in [5.41, 5.74) is 1.06. The van der Waals surface area contributed by atoms with Crippen molar-refractivity contribution in [2.45, 2.75) is 24.8 Å². The average molecular weight is 520 g/mol. The number of methoxy groups -OCH3 is 1. The number of fused-ring (bicyclic) bond motifs is 1. The van der Waals surface area contributed by atoms with Crippen LogP contribution in [0.25, 0.3) is 10.9 Å². The van der Waals surface area contributed by atoms with Gasteiger partial charge in [0.25, 0.3) is 5.56 Å². The van der Waals surface area contributed by atoms with E-state index in [2.05, 4.69) is 20.1 Å². The molecule has 1 heterocycles. The summed E-state index contributed by atoms with van der Waals surface area (Å²) >= 11 is 0. The lowest BCUT2D eigenvalue weighted by Crippen LogP contribution is -2.32. The molecule has 1 unspecified atom stereocenters. The molecule has 0 saturated heterocycles. The third kappa shape index (κ3) is 5.74. The van der Waals surface area contributed by atoms with Crippen LogP contribution in [-0.2, 0) is 14.8 Å². The number of anilines is 1. The Morgan fingerprint density at radius 2 is 1.73 bits per heavy atom. The van der Waals surface area contributed by atoms with E-state index in [0.717, 1.165) is 4.68 Å². The molecule has 0 aliphatic heterocycles. The van der Waals surface area contributed by atoms with Crippen molar-refractivity contribution in [2.75, 3.05) is 12.4 Å². The molecule has 0 spiro atoms. The first-order valence-electron chi connectivity index (χ1n) is 11.3. The number of ether oxygens (including phenoxy) is 1. The summed E-state index contributed by atoms with van der Waals surface area (Å²) in [6.07, 6.45) is 1.46. The minimum Gasteiger partial charge on any atom is -0.496 e. The van der Waals surface area contributed by atoms with Gasteiger partial charge in [-0.2, -0.15) is 9.78 Å². The molecular formula is C26H25N5O5S. The number of rotatable bonds is 8. The zero-order valence-corrected chi connectivity index (χ0v) is 21.2. The molecule has 37 heavy (non-hydrogen) atoms. The number of amides is 1. The van der Waals surface area contributed by atoms with Crippen LogP contribution in [-0.4, -0.2) is 37.3 Å². The maximum atomic E-state index is 13.4. The zero-order valence-electron chi connectivity index (χ0n) is 20.4. The van der Waals surface area contributed by atoms with E-state index in [-0.39, 0.29) is 16.6 Å². The van der Waals surface area contributed by atoms with Crippen molar-refractivity contribution in [3.05, 3.63) is 94.5 Å². The topological polar surface area (TPSA) is 132 Å². The number of carbonyl (C=O) groups excluding carboxylic acids is 1. The van der Waals surface area contributed by atoms with E-state index in [1.807, 2.05) is 6.07 Å². The molecule has 0 fully saturated rings. The first-order valence-corrected chi connectivity index (χ1v) is 12.8. The van der Waals surface area contributed by atoms with Gasteiger partial charge < -0.3 is 10.1 Å². The lowest BCUT2D eigenvalue weighted by molar-refractivity contribution is -0.114. The van der Waals surface area contributed by atoms with Crippen LogP contribution in [0.2, 0.25) is 0 Å². The Labute approximate surface area is 213 Å². The highest BCUT2D eigenvalue weighted by molar-refractivity contribution is 7.89. The van der Waals surface area contributed by atoms with Gasteiger partial charge in [0, 0.05) is 18.2 Å². The summed E-state index contributed by atoms with van der Waals surface area (Å²) in [5, 5.41) is 7.29. The number of hydrogen-bond donors (Lipinski definition) is 2. The van der Waals surface area contributed by atoms with E-state index in [1.165, 1.54) is 44.5 Å². The van der Waals surface area contributed by atoms with Crippen molar-refractivity contribution in [1.29, 1.82) is 0 Å². The zero-order chi connectivity index (χ0) is 26.6. The molecule has 0 aliphatic carbocycles. The highest BCUT2D eigenvalue weighted by Gasteiger charge is 2.23. The number of aromatic nitrogens is 2. The van der Waals surface area contributed by atoms with Crippen LogP contribution in [0, 0.1) is 0 Å². The molecule has 0 aliphatic rings. The summed E-state index contributed by atoms with van der Waals surface area (Å²) in [5.74, 6) is 0.399. The smallest absolute Gasteiger partial charge is 0.282 e. The number of nitrogens with zero attached hydrogens (tertiary/aromatic N) is 3. The van der Waals surface area contributed by atoms with Gasteiger partial charge in [0.15, 0.2) is 5.82 Å². The maximum Gasteiger partial charge on any atom is 0.282 e. The van der Waals surface area contributed by atoms with Crippen LogP contribution in [0.5, 0.6) is 5.75 Å². The van der Waals surface area contributed by atoms with Gasteiger partial charge in [-0.05, 0) is 55.5 Å². The number of hydrogen-bond acceptors (Lipinski definition) is 7. The number of sulfonamides is 1. The molecular weight excluding hydrogens is 494 g/mol. The van der Waals surface area contributed by atoms with Gasteiger partial charge in [-0.15, -0.1) is 0 Å². The van der Waals surface area contributed by atoms with Gasteiger partial charge in [-0.25, -0.2) is 18.1 Å². The van der Waals surface area contributed by atoms with Crippen molar-refractivity contribution in [3.63, 3.8) is 0 Å². The van der Waals surface area contributed by atoms with Crippen LogP contribution in [0.15, 0.2) is 87.6 Å². The number of para-hydroxylation sites is 2. The Morgan fingerprint density at radius 1 is 1.05 bits per heavy atom. The lowest BCUT2D eigenvalue weighted by Gasteiger charge is -2.17. The highest BCUT2D eigenvalue weighted by Crippen LogP contribution is 2.20. The fourth-order valence-electron chi connectivity index (χ4n) is 3.70. The van der Waals surface area contributed by atoms with Crippen LogP contribution in [0.3, 0.4) is 0 Å². The molecule has 0 saturated carbocycles. The first kappa shape index (κ1) is 25.7. The van der Waals surface area contributed by atoms with Crippen LogP contribution >= 0.6 is 0 Å².